The van der Waals surface area contributed by atoms with Gasteiger partial charge in [0.2, 0.25) is 21.8 Å². The fourth-order valence-electron chi connectivity index (χ4n) is 3.55. The van der Waals surface area contributed by atoms with Crippen molar-refractivity contribution in [1.82, 2.24) is 10.2 Å². The van der Waals surface area contributed by atoms with Gasteiger partial charge in [-0.1, -0.05) is 46.9 Å². The molecule has 0 unspecified atom stereocenters. The van der Waals surface area contributed by atoms with E-state index in [1.54, 1.807) is 49.4 Å². The number of rotatable bonds is 10. The van der Waals surface area contributed by atoms with E-state index in [1.807, 2.05) is 20.8 Å². The molecule has 198 valence electrons. The van der Waals surface area contributed by atoms with Crippen LogP contribution < -0.4 is 9.62 Å². The molecule has 1 atom stereocenters. The second-order valence-corrected chi connectivity index (χ2v) is 12.7. The number of nitrogens with zero attached hydrogens (tertiary/aromatic N) is 2. The molecular formula is C25H32Cl3N3O4S. The van der Waals surface area contributed by atoms with Crippen LogP contribution in [0.15, 0.2) is 42.5 Å². The number of amides is 2. The van der Waals surface area contributed by atoms with Gasteiger partial charge in [-0.3, -0.25) is 13.9 Å². The molecule has 36 heavy (non-hydrogen) atoms. The summed E-state index contributed by atoms with van der Waals surface area (Å²) in [5.41, 5.74) is 0.450. The maximum atomic E-state index is 13.4. The van der Waals surface area contributed by atoms with E-state index in [-0.39, 0.29) is 37.7 Å². The summed E-state index contributed by atoms with van der Waals surface area (Å²) in [6.45, 7) is 7.28. The zero-order valence-corrected chi connectivity index (χ0v) is 24.1. The summed E-state index contributed by atoms with van der Waals surface area (Å²) in [7, 11) is -3.61. The summed E-state index contributed by atoms with van der Waals surface area (Å²) in [5.74, 6) is -0.655. The largest absolute Gasteiger partial charge is 0.350 e. The van der Waals surface area contributed by atoms with Crippen LogP contribution in [0.5, 0.6) is 0 Å². The van der Waals surface area contributed by atoms with E-state index in [1.165, 1.54) is 9.21 Å². The summed E-state index contributed by atoms with van der Waals surface area (Å²) < 4.78 is 26.0. The van der Waals surface area contributed by atoms with Gasteiger partial charge in [-0.05, 0) is 64.4 Å². The van der Waals surface area contributed by atoms with Gasteiger partial charge in [0.25, 0.3) is 0 Å². The average molecular weight is 577 g/mol. The Balaban J connectivity index is 2.25. The molecule has 2 aromatic rings. The highest BCUT2D eigenvalue weighted by molar-refractivity contribution is 7.92. The van der Waals surface area contributed by atoms with Crippen molar-refractivity contribution in [1.29, 1.82) is 0 Å². The van der Waals surface area contributed by atoms with E-state index >= 15 is 0 Å². The third-order valence-corrected chi connectivity index (χ3v) is 7.44. The van der Waals surface area contributed by atoms with E-state index in [4.69, 9.17) is 34.8 Å². The second kappa shape index (κ2) is 12.5. The van der Waals surface area contributed by atoms with Crippen molar-refractivity contribution in [2.45, 2.75) is 58.7 Å². The Morgan fingerprint density at radius 2 is 1.61 bits per heavy atom. The summed E-state index contributed by atoms with van der Waals surface area (Å²) in [6.07, 6.45) is 1.32. The third kappa shape index (κ3) is 8.83. The second-order valence-electron chi connectivity index (χ2n) is 9.56. The highest BCUT2D eigenvalue weighted by Gasteiger charge is 2.29. The lowest BCUT2D eigenvalue weighted by Crippen LogP contribution is -2.52. The lowest BCUT2D eigenvalue weighted by atomic mass is 10.1. The van der Waals surface area contributed by atoms with Crippen molar-refractivity contribution >= 4 is 62.3 Å². The first-order valence-electron chi connectivity index (χ1n) is 11.4. The number of nitrogens with one attached hydrogen (secondary N) is 1. The van der Waals surface area contributed by atoms with E-state index < -0.39 is 21.6 Å². The minimum atomic E-state index is -3.61. The molecule has 0 aromatic heterocycles. The number of hydrogen-bond acceptors (Lipinski definition) is 4. The molecule has 1 N–H and O–H groups in total. The standard InChI is InChI=1S/C25H32Cl3N3O4S/c1-17(24(33)29-25(2,3)4)30(16-20-21(27)11-7-12-22(20)28)23(32)13-8-14-31(36(5,34)35)19-10-6-9-18(26)15-19/h6-7,9-12,15,17H,8,13-14,16H2,1-5H3,(H,29,33)/t17-/m0/s1. The van der Waals surface area contributed by atoms with Gasteiger partial charge < -0.3 is 10.2 Å². The van der Waals surface area contributed by atoms with Crippen molar-refractivity contribution < 1.29 is 18.0 Å². The lowest BCUT2D eigenvalue weighted by Gasteiger charge is -2.32. The van der Waals surface area contributed by atoms with Gasteiger partial charge >= 0.3 is 0 Å². The van der Waals surface area contributed by atoms with E-state index in [9.17, 15) is 18.0 Å². The molecular weight excluding hydrogens is 545 g/mol. The van der Waals surface area contributed by atoms with Crippen LogP contribution in [0.25, 0.3) is 0 Å². The predicted octanol–water partition coefficient (Wildman–Crippen LogP) is 5.53. The normalized spacial score (nSPS) is 12.7. The molecule has 2 rings (SSSR count). The molecule has 0 aliphatic heterocycles. The Bertz CT molecular complexity index is 1180. The van der Waals surface area contributed by atoms with E-state index in [0.29, 0.717) is 26.3 Å². The average Bonchev–Trinajstić information content (AvgIpc) is 2.74. The maximum Gasteiger partial charge on any atom is 0.242 e. The molecule has 2 aromatic carbocycles. The van der Waals surface area contributed by atoms with Gasteiger partial charge in [0.15, 0.2) is 0 Å². The van der Waals surface area contributed by atoms with Crippen LogP contribution in [0.1, 0.15) is 46.1 Å². The zero-order valence-electron chi connectivity index (χ0n) is 21.0. The Morgan fingerprint density at radius 1 is 1.03 bits per heavy atom. The molecule has 0 fully saturated rings. The van der Waals surface area contributed by atoms with Crippen molar-refractivity contribution in [3.63, 3.8) is 0 Å². The highest BCUT2D eigenvalue weighted by atomic mass is 35.5. The summed E-state index contributed by atoms with van der Waals surface area (Å²) in [4.78, 5) is 27.7. The van der Waals surface area contributed by atoms with Crippen molar-refractivity contribution in [3.8, 4) is 0 Å². The van der Waals surface area contributed by atoms with Crippen LogP contribution in [0.4, 0.5) is 5.69 Å². The van der Waals surface area contributed by atoms with E-state index in [2.05, 4.69) is 5.32 Å². The molecule has 11 heteroatoms. The quantitative estimate of drug-likeness (QED) is 0.403. The fourth-order valence-corrected chi connectivity index (χ4v) is 5.20. The topological polar surface area (TPSA) is 86.8 Å². The van der Waals surface area contributed by atoms with Crippen molar-refractivity contribution in [3.05, 3.63) is 63.1 Å². The Morgan fingerprint density at radius 3 is 2.14 bits per heavy atom. The Kier molecular flexibility index (Phi) is 10.5. The molecule has 0 saturated carbocycles. The van der Waals surface area contributed by atoms with Gasteiger partial charge in [-0.15, -0.1) is 0 Å². The van der Waals surface area contributed by atoms with Crippen LogP contribution in [-0.2, 0) is 26.2 Å². The van der Waals surface area contributed by atoms with Gasteiger partial charge in [0.05, 0.1) is 11.9 Å². The number of benzene rings is 2. The number of hydrogen-bond donors (Lipinski definition) is 1. The molecule has 0 heterocycles. The minimum absolute atomic E-state index is 0.00178. The van der Waals surface area contributed by atoms with E-state index in [0.717, 1.165) is 6.26 Å². The summed E-state index contributed by atoms with van der Waals surface area (Å²) in [5, 5.41) is 4.06. The monoisotopic (exact) mass is 575 g/mol. The van der Waals surface area contributed by atoms with Crippen molar-refractivity contribution in [2.75, 3.05) is 17.1 Å². The van der Waals surface area contributed by atoms with Crippen LogP contribution >= 0.6 is 34.8 Å². The van der Waals surface area contributed by atoms with Crippen LogP contribution in [0.3, 0.4) is 0 Å². The maximum absolute atomic E-state index is 13.4. The molecule has 7 nitrogen and oxygen atoms in total. The molecule has 0 aliphatic rings. The zero-order chi connectivity index (χ0) is 27.3. The van der Waals surface area contributed by atoms with Crippen LogP contribution in [0.2, 0.25) is 15.1 Å². The predicted molar refractivity (Wildman–Crippen MR) is 147 cm³/mol. The van der Waals surface area contributed by atoms with Gasteiger partial charge in [-0.25, -0.2) is 8.42 Å². The molecule has 0 bridgehead atoms. The van der Waals surface area contributed by atoms with Crippen molar-refractivity contribution in [2.24, 2.45) is 0 Å². The first-order chi connectivity index (χ1) is 16.6. The Labute approximate surface area is 228 Å². The van der Waals surface area contributed by atoms with Crippen LogP contribution in [0, 0.1) is 0 Å². The smallest absolute Gasteiger partial charge is 0.242 e. The number of sulfonamides is 1. The number of anilines is 1. The number of carbonyl (C=O) groups is 2. The van der Waals surface area contributed by atoms with Gasteiger partial charge in [0, 0.05) is 45.7 Å². The molecule has 0 aliphatic carbocycles. The first kappa shape index (κ1) is 30.2. The molecule has 0 saturated heterocycles. The van der Waals surface area contributed by atoms with Crippen LogP contribution in [-0.4, -0.2) is 49.5 Å². The molecule has 2 amide bonds. The van der Waals surface area contributed by atoms with Gasteiger partial charge in [0.1, 0.15) is 6.04 Å². The molecule has 0 radical (unpaired) electrons. The number of halogens is 3. The summed E-state index contributed by atoms with van der Waals surface area (Å²) >= 11 is 18.7. The number of carbonyl (C=O) groups excluding carboxylic acids is 2. The SMILES string of the molecule is C[C@@H](C(=O)NC(C)(C)C)N(Cc1c(Cl)cccc1Cl)C(=O)CCCN(c1cccc(Cl)c1)S(C)(=O)=O. The lowest BCUT2D eigenvalue weighted by molar-refractivity contribution is -0.141. The molecule has 0 spiro atoms. The summed E-state index contributed by atoms with van der Waals surface area (Å²) in [6, 6.07) is 10.7. The van der Waals surface area contributed by atoms with Gasteiger partial charge in [-0.2, -0.15) is 0 Å². The fraction of sp³-hybridized carbons (Fsp3) is 0.440. The first-order valence-corrected chi connectivity index (χ1v) is 14.4. The highest BCUT2D eigenvalue weighted by Crippen LogP contribution is 2.27. The minimum Gasteiger partial charge on any atom is -0.350 e. The third-order valence-electron chi connectivity index (χ3n) is 5.30. The Hall–Kier alpha value is -2.00.